The van der Waals surface area contributed by atoms with Crippen LogP contribution in [0.3, 0.4) is 0 Å². The van der Waals surface area contributed by atoms with E-state index >= 15 is 0 Å². The Balaban J connectivity index is 2.60. The number of aliphatic carboxylic acids is 1. The van der Waals surface area contributed by atoms with Gasteiger partial charge in [0.05, 0.1) is 0 Å². The number of carboxylic acids is 1. The maximum absolute atomic E-state index is 13.5. The zero-order valence-corrected chi connectivity index (χ0v) is 8.47. The van der Waals surface area contributed by atoms with Crippen molar-refractivity contribution in [1.29, 1.82) is 0 Å². The summed E-state index contributed by atoms with van der Waals surface area (Å²) in [5, 5.41) is 8.99. The number of carbonyl (C=O) groups is 2. The summed E-state index contributed by atoms with van der Waals surface area (Å²) in [6.45, 7) is 0. The van der Waals surface area contributed by atoms with Gasteiger partial charge in [-0.3, -0.25) is 9.59 Å². The smallest absolute Gasteiger partial charge is 0.315 e. The predicted molar refractivity (Wildman–Crippen MR) is 49.9 cm³/mol. The van der Waals surface area contributed by atoms with Gasteiger partial charge in [-0.05, 0) is 0 Å². The van der Waals surface area contributed by atoms with Gasteiger partial charge in [0.1, 0.15) is 28.6 Å². The van der Waals surface area contributed by atoms with Gasteiger partial charge in [0.25, 0.3) is 0 Å². The first-order valence-electron chi connectivity index (χ1n) is 4.77. The molecule has 0 radical (unpaired) electrons. The fourth-order valence-corrected chi connectivity index (χ4v) is 2.06. The predicted octanol–water partition coefficient (Wildman–Crippen LogP) is 1.79. The minimum Gasteiger partial charge on any atom is -0.481 e. The minimum absolute atomic E-state index is 0.393. The van der Waals surface area contributed by atoms with Crippen LogP contribution in [0.2, 0.25) is 0 Å². The molecule has 1 fully saturated rings. The second kappa shape index (κ2) is 3.58. The molecule has 3 nitrogen and oxygen atoms in total. The van der Waals surface area contributed by atoms with Crippen molar-refractivity contribution >= 4 is 11.8 Å². The van der Waals surface area contributed by atoms with E-state index in [1.165, 1.54) is 0 Å². The fraction of sp³-hybridized carbons (Fsp3) is 0.273. The number of ketones is 1. The molecule has 0 saturated heterocycles. The highest BCUT2D eigenvalue weighted by atomic mass is 19.1. The zero-order valence-electron chi connectivity index (χ0n) is 8.47. The molecule has 17 heavy (non-hydrogen) atoms. The van der Waals surface area contributed by atoms with Gasteiger partial charge in [-0.1, -0.05) is 0 Å². The zero-order chi connectivity index (χ0) is 12.8. The Kier molecular flexibility index (Phi) is 2.45. The van der Waals surface area contributed by atoms with Crippen LogP contribution in [0.4, 0.5) is 13.2 Å². The Morgan fingerprint density at radius 2 is 1.65 bits per heavy atom. The summed E-state index contributed by atoms with van der Waals surface area (Å²) in [5.74, 6) is -5.57. The number of Topliss-reactive ketones (excluding diaryl/α,β-unsaturated/α-hetero) is 1. The van der Waals surface area contributed by atoms with Crippen molar-refractivity contribution < 1.29 is 27.9 Å². The van der Waals surface area contributed by atoms with Crippen molar-refractivity contribution in [3.05, 3.63) is 35.1 Å². The van der Waals surface area contributed by atoms with Crippen LogP contribution >= 0.6 is 0 Å². The topological polar surface area (TPSA) is 54.4 Å². The second-order valence-electron chi connectivity index (χ2n) is 4.02. The van der Waals surface area contributed by atoms with E-state index in [1.807, 2.05) is 0 Å². The molecule has 1 aliphatic carbocycles. The second-order valence-corrected chi connectivity index (χ2v) is 4.02. The summed E-state index contributed by atoms with van der Waals surface area (Å²) in [4.78, 5) is 22.0. The number of halogens is 3. The third kappa shape index (κ3) is 1.60. The molecule has 0 bridgehead atoms. The lowest BCUT2D eigenvalue weighted by molar-refractivity contribution is -0.153. The first kappa shape index (κ1) is 11.6. The number of rotatable bonds is 2. The molecule has 1 aromatic rings. The molecule has 6 heteroatoms. The quantitative estimate of drug-likeness (QED) is 0.862. The van der Waals surface area contributed by atoms with Crippen LogP contribution in [0.15, 0.2) is 12.1 Å². The molecule has 90 valence electrons. The monoisotopic (exact) mass is 244 g/mol. The van der Waals surface area contributed by atoms with Gasteiger partial charge < -0.3 is 5.11 Å². The number of benzene rings is 1. The highest BCUT2D eigenvalue weighted by molar-refractivity contribution is 6.01. The van der Waals surface area contributed by atoms with Gasteiger partial charge in [-0.25, -0.2) is 13.2 Å². The summed E-state index contributed by atoms with van der Waals surface area (Å²) in [6, 6.07) is 0.817. The van der Waals surface area contributed by atoms with Crippen LogP contribution in [0.5, 0.6) is 0 Å². The van der Waals surface area contributed by atoms with E-state index in [4.69, 9.17) is 5.11 Å². The first-order chi connectivity index (χ1) is 7.86. The van der Waals surface area contributed by atoms with Crippen molar-refractivity contribution in [3.63, 3.8) is 0 Å². The van der Waals surface area contributed by atoms with Crippen molar-refractivity contribution in [2.45, 2.75) is 18.3 Å². The molecule has 1 N–H and O–H groups in total. The van der Waals surface area contributed by atoms with E-state index in [2.05, 4.69) is 0 Å². The van der Waals surface area contributed by atoms with Crippen LogP contribution in [-0.4, -0.2) is 16.9 Å². The van der Waals surface area contributed by atoms with Crippen molar-refractivity contribution in [1.82, 2.24) is 0 Å². The first-order valence-corrected chi connectivity index (χ1v) is 4.77. The summed E-state index contributed by atoms with van der Waals surface area (Å²) < 4.78 is 39.6. The summed E-state index contributed by atoms with van der Waals surface area (Å²) in [6.07, 6.45) is -0.941. The molecular formula is C11H7F3O3. The Labute approximate surface area is 93.9 Å². The van der Waals surface area contributed by atoms with Crippen LogP contribution in [0.1, 0.15) is 18.4 Å². The third-order valence-corrected chi connectivity index (χ3v) is 2.89. The molecule has 0 heterocycles. The summed E-state index contributed by atoms with van der Waals surface area (Å²) in [7, 11) is 0. The summed E-state index contributed by atoms with van der Waals surface area (Å²) in [5.41, 5.74) is -2.63. The van der Waals surface area contributed by atoms with Crippen LogP contribution < -0.4 is 0 Å². The Morgan fingerprint density at radius 3 is 2.00 bits per heavy atom. The van der Waals surface area contributed by atoms with Crippen molar-refractivity contribution in [3.8, 4) is 0 Å². The lowest BCUT2D eigenvalue weighted by atomic mass is 9.63. The molecule has 0 aromatic heterocycles. The largest absolute Gasteiger partial charge is 0.481 e. The SMILES string of the molecule is O=C1CC(C(=O)O)(c2c(F)cc(F)cc2F)C1. The summed E-state index contributed by atoms with van der Waals surface area (Å²) >= 11 is 0. The number of carboxylic acid groups (broad SMARTS) is 1. The molecule has 0 amide bonds. The third-order valence-electron chi connectivity index (χ3n) is 2.89. The molecule has 0 unspecified atom stereocenters. The standard InChI is InChI=1S/C11H7F3O3/c12-5-1-7(13)9(8(14)2-5)11(10(16)17)3-6(15)4-11/h1-2H,3-4H2,(H,16,17). The normalized spacial score (nSPS) is 17.7. The lowest BCUT2D eigenvalue weighted by Crippen LogP contribution is -2.49. The molecular weight excluding hydrogens is 237 g/mol. The minimum atomic E-state index is -1.89. The van der Waals surface area contributed by atoms with E-state index < -0.39 is 53.0 Å². The van der Waals surface area contributed by atoms with Crippen LogP contribution in [-0.2, 0) is 15.0 Å². The van der Waals surface area contributed by atoms with Crippen LogP contribution in [0, 0.1) is 17.5 Å². The lowest BCUT2D eigenvalue weighted by Gasteiger charge is -2.36. The number of hydrogen-bond acceptors (Lipinski definition) is 2. The molecule has 1 saturated carbocycles. The van der Waals surface area contributed by atoms with Crippen molar-refractivity contribution in [2.75, 3.05) is 0 Å². The van der Waals surface area contributed by atoms with E-state index in [9.17, 15) is 22.8 Å². The average Bonchev–Trinajstić information content (AvgIpc) is 2.12. The number of hydrogen-bond donors (Lipinski definition) is 1. The highest BCUT2D eigenvalue weighted by Gasteiger charge is 2.54. The van der Waals surface area contributed by atoms with Gasteiger partial charge in [0, 0.05) is 30.5 Å². The highest BCUT2D eigenvalue weighted by Crippen LogP contribution is 2.43. The van der Waals surface area contributed by atoms with Crippen molar-refractivity contribution in [2.24, 2.45) is 0 Å². The Morgan fingerprint density at radius 1 is 1.18 bits per heavy atom. The molecule has 0 spiro atoms. The van der Waals surface area contributed by atoms with Gasteiger partial charge in [-0.2, -0.15) is 0 Å². The van der Waals surface area contributed by atoms with Crippen LogP contribution in [0.25, 0.3) is 0 Å². The van der Waals surface area contributed by atoms with E-state index in [-0.39, 0.29) is 0 Å². The molecule has 1 aliphatic rings. The van der Waals surface area contributed by atoms with Gasteiger partial charge in [0.2, 0.25) is 0 Å². The number of carbonyl (C=O) groups excluding carboxylic acids is 1. The van der Waals surface area contributed by atoms with Gasteiger partial charge >= 0.3 is 5.97 Å². The molecule has 1 aromatic carbocycles. The van der Waals surface area contributed by atoms with E-state index in [1.54, 1.807) is 0 Å². The maximum Gasteiger partial charge on any atom is 0.315 e. The Bertz CT molecular complexity index is 494. The van der Waals surface area contributed by atoms with E-state index in [0.29, 0.717) is 12.1 Å². The Hall–Kier alpha value is -1.85. The molecule has 0 atom stereocenters. The maximum atomic E-state index is 13.5. The van der Waals surface area contributed by atoms with Gasteiger partial charge in [-0.15, -0.1) is 0 Å². The molecule has 0 aliphatic heterocycles. The van der Waals surface area contributed by atoms with Gasteiger partial charge in [0.15, 0.2) is 0 Å². The fourth-order valence-electron chi connectivity index (χ4n) is 2.06. The molecule has 2 rings (SSSR count). The average molecular weight is 244 g/mol. The van der Waals surface area contributed by atoms with E-state index in [0.717, 1.165) is 0 Å².